The number of fused-ring (bicyclic) bond motifs is 5. The Bertz CT molecular complexity index is 1620. The molecule has 2 bridgehead atoms. The van der Waals surface area contributed by atoms with E-state index in [1.807, 2.05) is 24.3 Å². The number of methoxy groups -OCH3 is 4. The van der Waals surface area contributed by atoms with Crippen LogP contribution in [0.5, 0.6) is 17.2 Å². The third kappa shape index (κ3) is 8.22. The monoisotopic (exact) mass is 681 g/mol. The maximum Gasteiger partial charge on any atom is 0.248 e. The Balaban J connectivity index is 1.62. The first kappa shape index (κ1) is 35.0. The molecular weight excluding hydrogens is 638 g/mol. The molecule has 48 heavy (non-hydrogen) atoms. The van der Waals surface area contributed by atoms with Crippen molar-refractivity contribution < 1.29 is 33.3 Å². The first-order valence-electron chi connectivity index (χ1n) is 16.2. The number of carbonyl (C=O) groups is 3. The van der Waals surface area contributed by atoms with E-state index in [-0.39, 0.29) is 69.3 Å². The van der Waals surface area contributed by atoms with Crippen molar-refractivity contribution in [1.82, 2.24) is 20.1 Å². The van der Waals surface area contributed by atoms with Crippen LogP contribution in [-0.4, -0.2) is 107 Å². The molecule has 2 aromatic carbocycles. The van der Waals surface area contributed by atoms with Crippen LogP contribution < -0.4 is 24.4 Å². The van der Waals surface area contributed by atoms with Crippen LogP contribution in [0.3, 0.4) is 0 Å². The summed E-state index contributed by atoms with van der Waals surface area (Å²) in [5.41, 5.74) is 2.30. The van der Waals surface area contributed by atoms with Gasteiger partial charge in [0.25, 0.3) is 0 Å². The van der Waals surface area contributed by atoms with Gasteiger partial charge in [-0.05, 0) is 42.5 Å². The number of piperidine rings is 1. The zero-order valence-corrected chi connectivity index (χ0v) is 28.8. The maximum atomic E-state index is 14.1. The first-order valence-corrected chi connectivity index (χ1v) is 16.6. The average Bonchev–Trinajstić information content (AvgIpc) is 3.09. The number of carbonyl (C=O) groups excluding carboxylic acids is 3. The Morgan fingerprint density at radius 2 is 1.69 bits per heavy atom. The number of nitrogens with zero attached hydrogens (tertiary/aromatic N) is 4. The van der Waals surface area contributed by atoms with Gasteiger partial charge in [-0.1, -0.05) is 23.7 Å². The minimum Gasteiger partial charge on any atom is -0.493 e. The summed E-state index contributed by atoms with van der Waals surface area (Å²) in [4.78, 5) is 50.9. The predicted molar refractivity (Wildman–Crippen MR) is 183 cm³/mol. The van der Waals surface area contributed by atoms with E-state index >= 15 is 0 Å². The summed E-state index contributed by atoms with van der Waals surface area (Å²) in [6, 6.07) is 11.0. The van der Waals surface area contributed by atoms with Crippen molar-refractivity contribution in [3.05, 3.63) is 52.5 Å². The molecule has 2 aliphatic rings. The average molecular weight is 682 g/mol. The fourth-order valence-electron chi connectivity index (χ4n) is 6.42. The van der Waals surface area contributed by atoms with Crippen LogP contribution in [0.15, 0.2) is 36.4 Å². The maximum absolute atomic E-state index is 14.1. The molecule has 1 saturated heterocycles. The molecule has 3 amide bonds. The highest BCUT2D eigenvalue weighted by atomic mass is 35.5. The Labute approximate surface area is 286 Å². The van der Waals surface area contributed by atoms with Crippen molar-refractivity contribution in [2.75, 3.05) is 79.2 Å². The molecule has 1 fully saturated rings. The zero-order valence-electron chi connectivity index (χ0n) is 28.1. The summed E-state index contributed by atoms with van der Waals surface area (Å²) in [6.45, 7) is 2.76. The van der Waals surface area contributed by atoms with E-state index in [1.54, 1.807) is 43.3 Å². The third-order valence-corrected chi connectivity index (χ3v) is 9.19. The number of amides is 3. The van der Waals surface area contributed by atoms with E-state index in [2.05, 4.69) is 10.2 Å². The van der Waals surface area contributed by atoms with Gasteiger partial charge in [0.2, 0.25) is 23.5 Å². The smallest absolute Gasteiger partial charge is 0.248 e. The third-order valence-electron chi connectivity index (χ3n) is 8.94. The molecule has 2 aliphatic heterocycles. The molecule has 5 rings (SSSR count). The summed E-state index contributed by atoms with van der Waals surface area (Å²) in [5.74, 6) is 1.87. The molecule has 1 unspecified atom stereocenters. The quantitative estimate of drug-likeness (QED) is 0.398. The second-order valence-corrected chi connectivity index (χ2v) is 12.6. The standard InChI is InChI=1S/C35H44ClN5O7/c1-45-22-32(44)39-13-11-30(42)37-19-24-6-5-12-41(20-24)35-25(17-27-28(38-35)18-29(46-2)34(48-4)33(27)47-3)21-40(15-14-39)31(43)16-23-7-9-26(36)10-8-23/h7-10,17-18,24H,5-6,11-16,19-22H2,1-4H3,(H,37,42). The highest BCUT2D eigenvalue weighted by Crippen LogP contribution is 2.44. The Kier molecular flexibility index (Phi) is 11.8. The number of ether oxygens (including phenoxy) is 4. The molecular formula is C35H44ClN5O7. The molecule has 1 aromatic heterocycles. The molecule has 3 aromatic rings. The molecule has 12 nitrogen and oxygen atoms in total. The van der Waals surface area contributed by atoms with Gasteiger partial charge in [0.1, 0.15) is 12.4 Å². The van der Waals surface area contributed by atoms with E-state index in [0.717, 1.165) is 41.7 Å². The Morgan fingerprint density at radius 1 is 0.938 bits per heavy atom. The largest absolute Gasteiger partial charge is 0.493 e. The lowest BCUT2D eigenvalue weighted by molar-refractivity contribution is -0.138. The predicted octanol–water partition coefficient (Wildman–Crippen LogP) is 3.70. The minimum atomic E-state index is -0.250. The summed E-state index contributed by atoms with van der Waals surface area (Å²) >= 11 is 6.12. The van der Waals surface area contributed by atoms with Crippen LogP contribution in [-0.2, 0) is 32.1 Å². The summed E-state index contributed by atoms with van der Waals surface area (Å²) in [7, 11) is 6.16. The van der Waals surface area contributed by atoms with Crippen molar-refractivity contribution in [3.8, 4) is 17.2 Å². The van der Waals surface area contributed by atoms with Crippen LogP contribution in [0.4, 0.5) is 5.82 Å². The normalized spacial score (nSPS) is 17.6. The summed E-state index contributed by atoms with van der Waals surface area (Å²) < 4.78 is 22.3. The van der Waals surface area contributed by atoms with Gasteiger partial charge >= 0.3 is 0 Å². The second kappa shape index (κ2) is 16.2. The van der Waals surface area contributed by atoms with Gasteiger partial charge in [0, 0.05) is 81.4 Å². The second-order valence-electron chi connectivity index (χ2n) is 12.1. The van der Waals surface area contributed by atoms with Crippen LogP contribution in [0.2, 0.25) is 5.02 Å². The van der Waals surface area contributed by atoms with Gasteiger partial charge in [0.15, 0.2) is 11.5 Å². The minimum absolute atomic E-state index is 0.120. The van der Waals surface area contributed by atoms with Crippen LogP contribution in [0, 0.1) is 5.92 Å². The van der Waals surface area contributed by atoms with E-state index < -0.39 is 0 Å². The molecule has 258 valence electrons. The van der Waals surface area contributed by atoms with Gasteiger partial charge in [-0.25, -0.2) is 4.98 Å². The molecule has 0 saturated carbocycles. The zero-order chi connectivity index (χ0) is 34.2. The molecule has 1 atom stereocenters. The number of aromatic nitrogens is 1. The molecule has 0 radical (unpaired) electrons. The highest BCUT2D eigenvalue weighted by molar-refractivity contribution is 6.30. The molecule has 0 aliphatic carbocycles. The number of nitrogens with one attached hydrogen (secondary N) is 1. The van der Waals surface area contributed by atoms with Crippen molar-refractivity contribution in [3.63, 3.8) is 0 Å². The van der Waals surface area contributed by atoms with Crippen LogP contribution in [0.1, 0.15) is 30.4 Å². The lowest BCUT2D eigenvalue weighted by Gasteiger charge is -2.35. The van der Waals surface area contributed by atoms with Gasteiger partial charge in [0.05, 0.1) is 33.3 Å². The molecule has 1 N–H and O–H groups in total. The van der Waals surface area contributed by atoms with Crippen molar-refractivity contribution in [2.45, 2.75) is 32.2 Å². The van der Waals surface area contributed by atoms with E-state index in [0.29, 0.717) is 40.9 Å². The molecule has 0 spiro atoms. The van der Waals surface area contributed by atoms with E-state index in [1.165, 1.54) is 7.11 Å². The Hall–Kier alpha value is -4.29. The lowest BCUT2D eigenvalue weighted by atomic mass is 9.97. The summed E-state index contributed by atoms with van der Waals surface area (Å²) in [6.07, 6.45) is 2.18. The fourth-order valence-corrected chi connectivity index (χ4v) is 6.55. The van der Waals surface area contributed by atoms with Crippen LogP contribution >= 0.6 is 11.6 Å². The SMILES string of the molecule is COCC(=O)N1CCC(=O)NCC2CCCN(C2)c2nc3cc(OC)c(OC)c(OC)c3cc2CN(C(=O)Cc2ccc(Cl)cc2)CC1. The van der Waals surface area contributed by atoms with E-state index in [9.17, 15) is 14.4 Å². The summed E-state index contributed by atoms with van der Waals surface area (Å²) in [5, 5.41) is 4.38. The fraction of sp³-hybridized carbons (Fsp3) is 0.486. The Morgan fingerprint density at radius 3 is 2.40 bits per heavy atom. The number of pyridine rings is 1. The van der Waals surface area contributed by atoms with Gasteiger partial charge < -0.3 is 39.0 Å². The van der Waals surface area contributed by atoms with Gasteiger partial charge in [-0.15, -0.1) is 0 Å². The highest BCUT2D eigenvalue weighted by Gasteiger charge is 2.28. The van der Waals surface area contributed by atoms with Crippen molar-refractivity contribution in [1.29, 1.82) is 0 Å². The number of halogens is 1. The van der Waals surface area contributed by atoms with Crippen molar-refractivity contribution >= 4 is 46.0 Å². The van der Waals surface area contributed by atoms with Crippen molar-refractivity contribution in [2.24, 2.45) is 5.92 Å². The van der Waals surface area contributed by atoms with E-state index in [4.69, 9.17) is 35.5 Å². The number of hydrogen-bond donors (Lipinski definition) is 1. The van der Waals surface area contributed by atoms with Gasteiger partial charge in [-0.2, -0.15) is 0 Å². The number of anilines is 1. The topological polar surface area (TPSA) is 123 Å². The molecule has 13 heteroatoms. The van der Waals surface area contributed by atoms with Crippen LogP contribution in [0.25, 0.3) is 10.9 Å². The molecule has 3 heterocycles. The number of benzene rings is 2. The number of hydrogen-bond acceptors (Lipinski definition) is 9. The number of rotatable bonds is 7. The first-order chi connectivity index (χ1) is 23.2. The van der Waals surface area contributed by atoms with Gasteiger partial charge in [-0.3, -0.25) is 14.4 Å². The lowest BCUT2D eigenvalue weighted by Crippen LogP contribution is -2.44.